The summed E-state index contributed by atoms with van der Waals surface area (Å²) in [5, 5.41) is 3.00. The largest absolute Gasteiger partial charge is 0.378 e. The van der Waals surface area contributed by atoms with E-state index in [4.69, 9.17) is 4.74 Å². The van der Waals surface area contributed by atoms with Crippen molar-refractivity contribution in [3.8, 4) is 0 Å². The van der Waals surface area contributed by atoms with E-state index in [0.29, 0.717) is 18.5 Å². The van der Waals surface area contributed by atoms with Crippen molar-refractivity contribution in [3.05, 3.63) is 29.8 Å². The molecule has 2 unspecified atom stereocenters. The molecule has 0 aromatic heterocycles. The van der Waals surface area contributed by atoms with Crippen LogP contribution in [0.4, 0.5) is 0 Å². The molecule has 2 fully saturated rings. The molecule has 2 N–H and O–H groups in total. The van der Waals surface area contributed by atoms with Crippen LogP contribution < -0.4 is 10.0 Å². The Bertz CT molecular complexity index is 901. The molecule has 0 spiro atoms. The number of carbonyl (C=O) groups is 2. The van der Waals surface area contributed by atoms with Gasteiger partial charge in [-0.2, -0.15) is 0 Å². The summed E-state index contributed by atoms with van der Waals surface area (Å²) in [5.74, 6) is -0.0784. The second-order valence-electron chi connectivity index (χ2n) is 8.37. The smallest absolute Gasteiger partial charge is 0.251 e. The molecule has 9 nitrogen and oxygen atoms in total. The van der Waals surface area contributed by atoms with Crippen LogP contribution in [0.1, 0.15) is 42.5 Å². The summed E-state index contributed by atoms with van der Waals surface area (Å²) in [7, 11) is -0.655. The Labute approximate surface area is 190 Å². The number of methoxy groups -OCH3 is 1. The Morgan fingerprint density at radius 2 is 1.94 bits per heavy atom. The minimum Gasteiger partial charge on any atom is -0.378 e. The lowest BCUT2D eigenvalue weighted by Crippen LogP contribution is -2.55. The Morgan fingerprint density at radius 1 is 1.19 bits per heavy atom. The number of ether oxygens (including phenoxy) is 1. The minimum atomic E-state index is -3.62. The van der Waals surface area contributed by atoms with Crippen molar-refractivity contribution in [2.24, 2.45) is 0 Å². The molecule has 178 valence electrons. The number of benzene rings is 1. The molecule has 2 amide bonds. The maximum Gasteiger partial charge on any atom is 0.251 e. The highest BCUT2D eigenvalue weighted by atomic mass is 32.2. The fraction of sp³-hybridized carbons (Fsp3) is 0.636. The van der Waals surface area contributed by atoms with Gasteiger partial charge in [-0.1, -0.05) is 6.07 Å². The number of likely N-dealkylation sites (tertiary alicyclic amines) is 2. The molecule has 2 heterocycles. The van der Waals surface area contributed by atoms with Crippen molar-refractivity contribution in [1.82, 2.24) is 19.8 Å². The maximum atomic E-state index is 12.8. The number of hydrogen-bond donors (Lipinski definition) is 2. The Hall–Kier alpha value is -2.01. The molecule has 3 rings (SSSR count). The average molecular weight is 467 g/mol. The molecule has 1 aromatic rings. The molecule has 0 saturated carbocycles. The van der Waals surface area contributed by atoms with Gasteiger partial charge in [-0.05, 0) is 57.5 Å². The second kappa shape index (κ2) is 11.2. The number of nitrogens with zero attached hydrogens (tertiary/aromatic N) is 2. The average Bonchev–Trinajstić information content (AvgIpc) is 3.35. The van der Waals surface area contributed by atoms with Crippen molar-refractivity contribution in [3.63, 3.8) is 0 Å². The lowest BCUT2D eigenvalue weighted by Gasteiger charge is -2.38. The predicted octanol–water partition coefficient (Wildman–Crippen LogP) is 0.816. The highest BCUT2D eigenvalue weighted by Crippen LogP contribution is 2.17. The molecule has 1 aromatic carbocycles. The normalized spacial score (nSPS) is 22.1. The molecule has 32 heavy (non-hydrogen) atoms. The zero-order valence-corrected chi connectivity index (χ0v) is 19.7. The summed E-state index contributed by atoms with van der Waals surface area (Å²) in [6.45, 7) is 4.08. The van der Waals surface area contributed by atoms with Crippen LogP contribution >= 0.6 is 0 Å². The van der Waals surface area contributed by atoms with Crippen molar-refractivity contribution in [2.75, 3.05) is 46.9 Å². The number of nitrogens with one attached hydrogen (secondary N) is 2. The molecule has 0 aliphatic carbocycles. The van der Waals surface area contributed by atoms with Gasteiger partial charge in [0.15, 0.2) is 0 Å². The summed E-state index contributed by atoms with van der Waals surface area (Å²) in [4.78, 5) is 29.3. The lowest BCUT2D eigenvalue weighted by atomic mass is 10.0. The first-order chi connectivity index (χ1) is 15.3. The van der Waals surface area contributed by atoms with Crippen molar-refractivity contribution < 1.29 is 22.7 Å². The Morgan fingerprint density at radius 3 is 2.62 bits per heavy atom. The number of piperidine rings is 1. The summed E-state index contributed by atoms with van der Waals surface area (Å²) < 4.78 is 31.9. The van der Waals surface area contributed by atoms with E-state index >= 15 is 0 Å². The standard InChI is InChI=1S/C22H34N4O5S/c1-23-32(29,30)18-8-5-7-17(15-18)22(28)24-19-10-14-25(16-20(19)31-2)11-6-9-21(27)26-12-3-4-13-26/h5,7-8,15,19-20,23H,3-4,6,9-14,16H2,1-2H3,(H,24,28). The molecule has 2 aliphatic heterocycles. The number of carbonyl (C=O) groups excluding carboxylic acids is 2. The van der Waals surface area contributed by atoms with Crippen LogP contribution in [-0.4, -0.2) is 89.1 Å². The molecular weight excluding hydrogens is 432 g/mol. The van der Waals surface area contributed by atoms with Gasteiger partial charge in [-0.15, -0.1) is 0 Å². The molecular formula is C22H34N4O5S. The second-order valence-corrected chi connectivity index (χ2v) is 10.3. The molecule has 0 radical (unpaired) electrons. The van der Waals surface area contributed by atoms with E-state index in [1.165, 1.54) is 19.2 Å². The maximum absolute atomic E-state index is 12.8. The summed E-state index contributed by atoms with van der Waals surface area (Å²) in [6.07, 6.45) is 4.15. The third kappa shape index (κ3) is 6.28. The van der Waals surface area contributed by atoms with Gasteiger partial charge < -0.3 is 19.9 Å². The van der Waals surface area contributed by atoms with Crippen LogP contribution in [0.15, 0.2) is 29.2 Å². The van der Waals surface area contributed by atoms with Crippen molar-refractivity contribution in [2.45, 2.75) is 49.1 Å². The molecule has 10 heteroatoms. The van der Waals surface area contributed by atoms with E-state index in [0.717, 1.165) is 51.9 Å². The van der Waals surface area contributed by atoms with E-state index in [9.17, 15) is 18.0 Å². The predicted molar refractivity (Wildman–Crippen MR) is 121 cm³/mol. The fourth-order valence-corrected chi connectivity index (χ4v) is 5.12. The number of hydrogen-bond acceptors (Lipinski definition) is 6. The van der Waals surface area contributed by atoms with Crippen LogP contribution in [0, 0.1) is 0 Å². The molecule has 2 aliphatic rings. The highest BCUT2D eigenvalue weighted by molar-refractivity contribution is 7.89. The number of sulfonamides is 1. The van der Waals surface area contributed by atoms with Crippen LogP contribution in [0.3, 0.4) is 0 Å². The first kappa shape index (κ1) is 24.6. The van der Waals surface area contributed by atoms with Gasteiger partial charge in [0.25, 0.3) is 5.91 Å². The zero-order chi connectivity index (χ0) is 23.1. The van der Waals surface area contributed by atoms with E-state index < -0.39 is 10.0 Å². The third-order valence-electron chi connectivity index (χ3n) is 6.26. The van der Waals surface area contributed by atoms with E-state index in [1.54, 1.807) is 19.2 Å². The van der Waals surface area contributed by atoms with Crippen LogP contribution in [0.5, 0.6) is 0 Å². The van der Waals surface area contributed by atoms with Crippen LogP contribution in [0.25, 0.3) is 0 Å². The van der Waals surface area contributed by atoms with Gasteiger partial charge in [-0.25, -0.2) is 13.1 Å². The Kier molecular flexibility index (Phi) is 8.64. The summed E-state index contributed by atoms with van der Waals surface area (Å²) in [5.41, 5.74) is 0.291. The first-order valence-corrected chi connectivity index (χ1v) is 12.7. The van der Waals surface area contributed by atoms with Gasteiger partial charge in [0, 0.05) is 45.3 Å². The van der Waals surface area contributed by atoms with Gasteiger partial charge in [0.1, 0.15) is 0 Å². The highest BCUT2D eigenvalue weighted by Gasteiger charge is 2.31. The van der Waals surface area contributed by atoms with E-state index in [1.807, 2.05) is 4.90 Å². The zero-order valence-electron chi connectivity index (χ0n) is 18.9. The van der Waals surface area contributed by atoms with E-state index in [-0.39, 0.29) is 28.9 Å². The van der Waals surface area contributed by atoms with E-state index in [2.05, 4.69) is 14.9 Å². The van der Waals surface area contributed by atoms with Crippen molar-refractivity contribution in [1.29, 1.82) is 0 Å². The quantitative estimate of drug-likeness (QED) is 0.558. The van der Waals surface area contributed by atoms with Gasteiger partial charge in [0.2, 0.25) is 15.9 Å². The first-order valence-electron chi connectivity index (χ1n) is 11.2. The Balaban J connectivity index is 1.50. The van der Waals surface area contributed by atoms with Gasteiger partial charge >= 0.3 is 0 Å². The van der Waals surface area contributed by atoms with Crippen LogP contribution in [-0.2, 0) is 19.6 Å². The minimum absolute atomic E-state index is 0.0502. The van der Waals surface area contributed by atoms with Gasteiger partial charge in [-0.3, -0.25) is 9.59 Å². The third-order valence-corrected chi connectivity index (χ3v) is 7.67. The SMILES string of the molecule is CNS(=O)(=O)c1cccc(C(=O)NC2CCN(CCCC(=O)N3CCCC3)CC2OC)c1. The monoisotopic (exact) mass is 466 g/mol. The summed E-state index contributed by atoms with van der Waals surface area (Å²) >= 11 is 0. The molecule has 2 saturated heterocycles. The van der Waals surface area contributed by atoms with Crippen molar-refractivity contribution >= 4 is 21.8 Å². The number of amides is 2. The molecule has 0 bridgehead atoms. The summed E-state index contributed by atoms with van der Waals surface area (Å²) in [6, 6.07) is 5.81. The topological polar surface area (TPSA) is 108 Å². The van der Waals surface area contributed by atoms with Gasteiger partial charge in [0.05, 0.1) is 17.0 Å². The fourth-order valence-electron chi connectivity index (χ4n) is 4.34. The lowest BCUT2D eigenvalue weighted by molar-refractivity contribution is -0.130. The van der Waals surface area contributed by atoms with Crippen LogP contribution in [0.2, 0.25) is 0 Å². The number of rotatable bonds is 9. The molecule has 2 atom stereocenters.